The molecule has 0 spiro atoms. The van der Waals surface area contributed by atoms with Crippen molar-refractivity contribution in [2.45, 2.75) is 18.7 Å². The molecule has 0 aliphatic rings. The number of sulfonamides is 1. The molecule has 1 N–H and O–H groups in total. The van der Waals surface area contributed by atoms with Crippen LogP contribution in [0.2, 0.25) is 5.02 Å². The van der Waals surface area contributed by atoms with Gasteiger partial charge < -0.3 is 9.47 Å². The Labute approximate surface area is 141 Å². The summed E-state index contributed by atoms with van der Waals surface area (Å²) >= 11 is 6.07. The first-order valence-corrected chi connectivity index (χ1v) is 8.66. The molecule has 23 heavy (non-hydrogen) atoms. The molecule has 0 saturated heterocycles. The number of aryl methyl sites for hydroxylation is 2. The number of nitrogens with one attached hydrogen (secondary N) is 1. The Morgan fingerprint density at radius 3 is 2.26 bits per heavy atom. The van der Waals surface area contributed by atoms with Gasteiger partial charge in [-0.25, -0.2) is 8.42 Å². The van der Waals surface area contributed by atoms with Crippen LogP contribution in [0.15, 0.2) is 35.2 Å². The molecule has 2 aromatic rings. The summed E-state index contributed by atoms with van der Waals surface area (Å²) in [5, 5.41) is 0.284. The summed E-state index contributed by atoms with van der Waals surface area (Å²) in [6.45, 7) is 3.58. The van der Waals surface area contributed by atoms with Gasteiger partial charge in [0.2, 0.25) is 0 Å². The highest BCUT2D eigenvalue weighted by Crippen LogP contribution is 2.37. The number of hydrogen-bond acceptors (Lipinski definition) is 4. The molecule has 7 heteroatoms. The van der Waals surface area contributed by atoms with E-state index in [4.69, 9.17) is 21.1 Å². The molecule has 124 valence electrons. The second kappa shape index (κ2) is 6.68. The SMILES string of the molecule is COc1cc(OC)c(NS(=O)(=O)c2cc(C)ccc2C)cc1Cl. The first-order valence-electron chi connectivity index (χ1n) is 6.80. The fraction of sp³-hybridized carbons (Fsp3) is 0.250. The van der Waals surface area contributed by atoms with E-state index < -0.39 is 10.0 Å². The van der Waals surface area contributed by atoms with Crippen LogP contribution >= 0.6 is 11.6 Å². The van der Waals surface area contributed by atoms with E-state index in [0.717, 1.165) is 5.56 Å². The zero-order chi connectivity index (χ0) is 17.2. The maximum atomic E-state index is 12.7. The summed E-state index contributed by atoms with van der Waals surface area (Å²) in [6, 6.07) is 8.24. The molecule has 0 saturated carbocycles. The van der Waals surface area contributed by atoms with Gasteiger partial charge in [-0.3, -0.25) is 4.72 Å². The Hall–Kier alpha value is -1.92. The molecule has 0 radical (unpaired) electrons. The van der Waals surface area contributed by atoms with Crippen LogP contribution in [0, 0.1) is 13.8 Å². The normalized spacial score (nSPS) is 11.2. The number of benzene rings is 2. The van der Waals surface area contributed by atoms with Gasteiger partial charge in [0.05, 0.1) is 29.8 Å². The minimum Gasteiger partial charge on any atom is -0.495 e. The highest BCUT2D eigenvalue weighted by atomic mass is 35.5. The topological polar surface area (TPSA) is 64.6 Å². The van der Waals surface area contributed by atoms with Gasteiger partial charge in [-0.05, 0) is 37.1 Å². The molecule has 0 aliphatic heterocycles. The van der Waals surface area contributed by atoms with E-state index in [1.54, 1.807) is 19.1 Å². The van der Waals surface area contributed by atoms with Crippen molar-refractivity contribution in [1.82, 2.24) is 0 Å². The lowest BCUT2D eigenvalue weighted by atomic mass is 10.2. The van der Waals surface area contributed by atoms with Crippen molar-refractivity contribution in [2.24, 2.45) is 0 Å². The average molecular weight is 356 g/mol. The van der Waals surface area contributed by atoms with E-state index in [0.29, 0.717) is 17.1 Å². The van der Waals surface area contributed by atoms with Crippen molar-refractivity contribution >= 4 is 27.3 Å². The smallest absolute Gasteiger partial charge is 0.262 e. The largest absolute Gasteiger partial charge is 0.495 e. The third kappa shape index (κ3) is 3.71. The van der Waals surface area contributed by atoms with Gasteiger partial charge in [0.25, 0.3) is 10.0 Å². The molecule has 0 bridgehead atoms. The second-order valence-corrected chi connectivity index (χ2v) is 7.12. The number of rotatable bonds is 5. The van der Waals surface area contributed by atoms with Gasteiger partial charge in [-0.2, -0.15) is 0 Å². The zero-order valence-corrected chi connectivity index (χ0v) is 14.9. The predicted octanol–water partition coefficient (Wildman–Crippen LogP) is 3.77. The van der Waals surface area contributed by atoms with E-state index in [1.807, 2.05) is 13.0 Å². The van der Waals surface area contributed by atoms with Crippen LogP contribution in [-0.4, -0.2) is 22.6 Å². The Morgan fingerprint density at radius 2 is 1.65 bits per heavy atom. The number of halogens is 1. The van der Waals surface area contributed by atoms with Crippen LogP contribution in [-0.2, 0) is 10.0 Å². The molecule has 0 fully saturated rings. The van der Waals surface area contributed by atoms with Crippen LogP contribution in [0.25, 0.3) is 0 Å². The predicted molar refractivity (Wildman–Crippen MR) is 91.3 cm³/mol. The van der Waals surface area contributed by atoms with E-state index in [9.17, 15) is 8.42 Å². The summed E-state index contributed by atoms with van der Waals surface area (Å²) in [5.41, 5.74) is 1.76. The van der Waals surface area contributed by atoms with Gasteiger partial charge >= 0.3 is 0 Å². The standard InChI is InChI=1S/C16H18ClNO4S/c1-10-5-6-11(2)16(7-10)23(19,20)18-13-8-12(17)14(21-3)9-15(13)22-4/h5-9,18H,1-4H3. The van der Waals surface area contributed by atoms with E-state index in [-0.39, 0.29) is 15.6 Å². The Bertz CT molecular complexity index is 834. The van der Waals surface area contributed by atoms with Crippen LogP contribution in [0.1, 0.15) is 11.1 Å². The Balaban J connectivity index is 2.49. The van der Waals surface area contributed by atoms with Crippen molar-refractivity contribution in [1.29, 1.82) is 0 Å². The van der Waals surface area contributed by atoms with E-state index >= 15 is 0 Å². The van der Waals surface area contributed by atoms with Gasteiger partial charge in [-0.1, -0.05) is 23.7 Å². The summed E-state index contributed by atoms with van der Waals surface area (Å²) < 4.78 is 38.2. The highest BCUT2D eigenvalue weighted by molar-refractivity contribution is 7.92. The fourth-order valence-electron chi connectivity index (χ4n) is 2.14. The van der Waals surface area contributed by atoms with Crippen LogP contribution in [0.4, 0.5) is 5.69 Å². The number of hydrogen-bond donors (Lipinski definition) is 1. The quantitative estimate of drug-likeness (QED) is 0.886. The lowest BCUT2D eigenvalue weighted by Gasteiger charge is -2.15. The Morgan fingerprint density at radius 1 is 1.00 bits per heavy atom. The van der Waals surface area contributed by atoms with Gasteiger partial charge in [0, 0.05) is 6.07 Å². The van der Waals surface area contributed by atoms with Crippen molar-refractivity contribution < 1.29 is 17.9 Å². The van der Waals surface area contributed by atoms with Gasteiger partial charge in [0.15, 0.2) is 0 Å². The van der Waals surface area contributed by atoms with Crippen molar-refractivity contribution in [3.8, 4) is 11.5 Å². The molecule has 2 rings (SSSR count). The minimum atomic E-state index is -3.76. The third-order valence-corrected chi connectivity index (χ3v) is 5.15. The monoisotopic (exact) mass is 355 g/mol. The Kier molecular flexibility index (Phi) is 5.06. The summed E-state index contributed by atoms with van der Waals surface area (Å²) in [5.74, 6) is 0.721. The fourth-order valence-corrected chi connectivity index (χ4v) is 3.77. The molecule has 0 aromatic heterocycles. The lowest BCUT2D eigenvalue weighted by Crippen LogP contribution is -2.15. The maximum absolute atomic E-state index is 12.7. The summed E-state index contributed by atoms with van der Waals surface area (Å²) in [6.07, 6.45) is 0. The highest BCUT2D eigenvalue weighted by Gasteiger charge is 2.20. The van der Waals surface area contributed by atoms with Crippen LogP contribution in [0.3, 0.4) is 0 Å². The average Bonchev–Trinajstić information content (AvgIpc) is 2.49. The molecule has 2 aromatic carbocycles. The summed E-state index contributed by atoms with van der Waals surface area (Å²) in [7, 11) is -0.849. The molecular weight excluding hydrogens is 338 g/mol. The van der Waals surface area contributed by atoms with Crippen LogP contribution in [0.5, 0.6) is 11.5 Å². The third-order valence-electron chi connectivity index (χ3n) is 3.35. The molecular formula is C16H18ClNO4S. The maximum Gasteiger partial charge on any atom is 0.262 e. The molecule has 5 nitrogen and oxygen atoms in total. The van der Waals surface area contributed by atoms with Crippen molar-refractivity contribution in [3.05, 3.63) is 46.5 Å². The van der Waals surface area contributed by atoms with E-state index in [2.05, 4.69) is 4.72 Å². The number of ether oxygens (including phenoxy) is 2. The first-order chi connectivity index (χ1) is 10.8. The van der Waals surface area contributed by atoms with Crippen molar-refractivity contribution in [2.75, 3.05) is 18.9 Å². The molecule has 0 heterocycles. The number of methoxy groups -OCH3 is 2. The minimum absolute atomic E-state index is 0.214. The number of anilines is 1. The van der Waals surface area contributed by atoms with Gasteiger partial charge in [0.1, 0.15) is 11.5 Å². The second-order valence-electron chi connectivity index (χ2n) is 5.06. The van der Waals surface area contributed by atoms with Crippen molar-refractivity contribution in [3.63, 3.8) is 0 Å². The zero-order valence-electron chi connectivity index (χ0n) is 13.3. The lowest BCUT2D eigenvalue weighted by molar-refractivity contribution is 0.396. The first kappa shape index (κ1) is 17.4. The molecule has 0 amide bonds. The van der Waals surface area contributed by atoms with Gasteiger partial charge in [-0.15, -0.1) is 0 Å². The summed E-state index contributed by atoms with van der Waals surface area (Å²) in [4.78, 5) is 0.214. The molecule has 0 atom stereocenters. The van der Waals surface area contributed by atoms with E-state index in [1.165, 1.54) is 26.4 Å². The molecule has 0 unspecified atom stereocenters. The molecule has 0 aliphatic carbocycles. The van der Waals surface area contributed by atoms with Crippen LogP contribution < -0.4 is 14.2 Å².